The van der Waals surface area contributed by atoms with E-state index >= 15 is 0 Å². The number of carbonyl (C=O) groups excluding carboxylic acids is 3. The van der Waals surface area contributed by atoms with Gasteiger partial charge in [-0.2, -0.15) is 0 Å². The molecule has 0 fully saturated rings. The van der Waals surface area contributed by atoms with Gasteiger partial charge >= 0.3 is 11.9 Å². The maximum Gasteiger partial charge on any atom is 0.306 e. The van der Waals surface area contributed by atoms with Crippen LogP contribution in [0.1, 0.15) is 219 Å². The predicted molar refractivity (Wildman–Crippen MR) is 272 cm³/mol. The quantitative estimate of drug-likeness (QED) is 0.0259. The van der Waals surface area contributed by atoms with Gasteiger partial charge < -0.3 is 28.6 Å². The summed E-state index contributed by atoms with van der Waals surface area (Å²) in [5.74, 6) is -1.75. The Morgan fingerprint density at radius 2 is 0.815 bits per heavy atom. The largest absolute Gasteiger partial charge is 0.544 e. The zero-order valence-corrected chi connectivity index (χ0v) is 42.6. The molecule has 2 unspecified atom stereocenters. The van der Waals surface area contributed by atoms with Crippen LogP contribution in [0.2, 0.25) is 0 Å². The molecule has 0 aliphatic heterocycles. The number of nitrogens with zero attached hydrogens (tertiary/aromatic N) is 1. The van der Waals surface area contributed by atoms with Gasteiger partial charge in [-0.25, -0.2) is 0 Å². The first-order valence-corrected chi connectivity index (χ1v) is 26.5. The maximum absolute atomic E-state index is 12.8. The molecule has 374 valence electrons. The summed E-state index contributed by atoms with van der Waals surface area (Å²) in [5.41, 5.74) is 0. The fourth-order valence-electron chi connectivity index (χ4n) is 7.57. The van der Waals surface area contributed by atoms with Crippen LogP contribution in [0.5, 0.6) is 0 Å². The summed E-state index contributed by atoms with van der Waals surface area (Å²) in [6, 6.07) is -0.731. The summed E-state index contributed by atoms with van der Waals surface area (Å²) < 4.78 is 17.3. The first-order valence-electron chi connectivity index (χ1n) is 26.5. The van der Waals surface area contributed by atoms with Crippen molar-refractivity contribution in [1.29, 1.82) is 0 Å². The first-order chi connectivity index (χ1) is 31.6. The molecule has 0 amide bonds. The third-order valence-electron chi connectivity index (χ3n) is 11.6. The molecule has 0 bridgehead atoms. The van der Waals surface area contributed by atoms with Crippen molar-refractivity contribution in [3.63, 3.8) is 0 Å². The smallest absolute Gasteiger partial charge is 0.306 e. The van der Waals surface area contributed by atoms with Crippen LogP contribution in [0, 0.1) is 0 Å². The molecule has 0 spiro atoms. The van der Waals surface area contributed by atoms with Gasteiger partial charge in [0.2, 0.25) is 0 Å². The van der Waals surface area contributed by atoms with Crippen LogP contribution in [0.4, 0.5) is 0 Å². The van der Waals surface area contributed by atoms with Crippen LogP contribution in [0.25, 0.3) is 0 Å². The molecule has 0 heterocycles. The Morgan fingerprint density at radius 3 is 1.20 bits per heavy atom. The van der Waals surface area contributed by atoms with Gasteiger partial charge in [-0.15, -0.1) is 0 Å². The summed E-state index contributed by atoms with van der Waals surface area (Å²) in [4.78, 5) is 37.1. The van der Waals surface area contributed by atoms with Gasteiger partial charge in [0.1, 0.15) is 12.6 Å². The summed E-state index contributed by atoms with van der Waals surface area (Å²) in [5, 5.41) is 11.7. The highest BCUT2D eigenvalue weighted by Gasteiger charge is 2.25. The van der Waals surface area contributed by atoms with Crippen molar-refractivity contribution in [2.75, 3.05) is 41.0 Å². The molecule has 0 N–H and O–H groups in total. The van der Waals surface area contributed by atoms with E-state index in [0.717, 1.165) is 89.9 Å². The SMILES string of the molecule is CC/C=C/C/C=C/C/C=C/C/C=C/CCCCCCCCCC(=O)OC(COCCC(C(=O)[O-])[N+](C)(C)C)COC(=O)CCCCCCCCCCCCCCCC/C=C/C/C=C/CC. The highest BCUT2D eigenvalue weighted by atomic mass is 16.6. The summed E-state index contributed by atoms with van der Waals surface area (Å²) in [6.45, 7) is 4.45. The average Bonchev–Trinajstić information content (AvgIpc) is 3.27. The maximum atomic E-state index is 12.8. The highest BCUT2D eigenvalue weighted by molar-refractivity contribution is 5.70. The van der Waals surface area contributed by atoms with E-state index in [1.807, 2.05) is 0 Å². The molecule has 0 aromatic heterocycles. The standard InChI is InChI=1S/C57H99NO7/c1-6-8-10-12-14-16-18-20-22-24-26-28-30-31-33-35-37-39-41-43-45-47-55(59)64-52-53(51-63-50-49-54(57(61)62)58(3,4)5)65-56(60)48-46-44-42-40-38-36-34-32-29-27-25-23-21-19-17-15-13-11-9-7-2/h8-11,14-17,21,23,27,29,53-54H,6-7,12-13,18-20,22,24-26,28,30-52H2,1-5H3/b10-8+,11-9+,16-14+,17-15+,23-21+,29-27+. The Hall–Kier alpha value is -3.23. The van der Waals surface area contributed by atoms with E-state index in [2.05, 4.69) is 86.8 Å². The number of rotatable bonds is 47. The Labute approximate surface area is 400 Å². The van der Waals surface area contributed by atoms with Crippen LogP contribution < -0.4 is 5.11 Å². The monoisotopic (exact) mass is 910 g/mol. The number of allylic oxidation sites excluding steroid dienone is 12. The lowest BCUT2D eigenvalue weighted by atomic mass is 10.0. The van der Waals surface area contributed by atoms with Crippen molar-refractivity contribution >= 4 is 17.9 Å². The molecular formula is C57H99NO7. The van der Waals surface area contributed by atoms with Gasteiger partial charge in [0, 0.05) is 19.3 Å². The lowest BCUT2D eigenvalue weighted by Crippen LogP contribution is -2.55. The van der Waals surface area contributed by atoms with Crippen molar-refractivity contribution in [3.8, 4) is 0 Å². The lowest BCUT2D eigenvalue weighted by molar-refractivity contribution is -0.889. The normalized spacial score (nSPS) is 13.4. The van der Waals surface area contributed by atoms with Gasteiger partial charge in [0.15, 0.2) is 6.10 Å². The second kappa shape index (κ2) is 47.3. The third kappa shape index (κ3) is 45.7. The molecule has 65 heavy (non-hydrogen) atoms. The first kappa shape index (κ1) is 61.8. The average molecular weight is 910 g/mol. The Bertz CT molecular complexity index is 1290. The number of hydrogen-bond donors (Lipinski definition) is 0. The molecule has 0 aliphatic carbocycles. The molecule has 0 radical (unpaired) electrons. The second-order valence-corrected chi connectivity index (χ2v) is 18.7. The number of unbranched alkanes of at least 4 members (excludes halogenated alkanes) is 21. The van der Waals surface area contributed by atoms with Crippen LogP contribution >= 0.6 is 0 Å². The molecule has 8 nitrogen and oxygen atoms in total. The van der Waals surface area contributed by atoms with Gasteiger partial charge in [-0.05, 0) is 77.0 Å². The van der Waals surface area contributed by atoms with Crippen LogP contribution in [0.3, 0.4) is 0 Å². The predicted octanol–water partition coefficient (Wildman–Crippen LogP) is 14.1. The van der Waals surface area contributed by atoms with Crippen molar-refractivity contribution in [1.82, 2.24) is 0 Å². The second-order valence-electron chi connectivity index (χ2n) is 18.7. The number of carboxylic acids is 1. The van der Waals surface area contributed by atoms with Crippen molar-refractivity contribution in [2.45, 2.75) is 231 Å². The molecule has 2 atom stereocenters. The van der Waals surface area contributed by atoms with Crippen LogP contribution in [-0.2, 0) is 28.6 Å². The van der Waals surface area contributed by atoms with Crippen LogP contribution in [-0.4, -0.2) is 75.5 Å². The zero-order chi connectivity index (χ0) is 47.7. The zero-order valence-electron chi connectivity index (χ0n) is 42.6. The molecule has 0 saturated carbocycles. The van der Waals surface area contributed by atoms with E-state index in [0.29, 0.717) is 12.8 Å². The minimum atomic E-state index is -1.13. The van der Waals surface area contributed by atoms with Crippen LogP contribution in [0.15, 0.2) is 72.9 Å². The van der Waals surface area contributed by atoms with E-state index in [1.165, 1.54) is 96.3 Å². The van der Waals surface area contributed by atoms with E-state index in [-0.39, 0.29) is 42.7 Å². The molecular weight excluding hydrogens is 811 g/mol. The Balaban J connectivity index is 4.23. The Morgan fingerprint density at radius 1 is 0.462 bits per heavy atom. The van der Waals surface area contributed by atoms with Crippen molar-refractivity contribution in [3.05, 3.63) is 72.9 Å². The summed E-state index contributed by atoms with van der Waals surface area (Å²) in [7, 11) is 5.41. The third-order valence-corrected chi connectivity index (χ3v) is 11.6. The van der Waals surface area contributed by atoms with E-state index in [4.69, 9.17) is 14.2 Å². The van der Waals surface area contributed by atoms with Gasteiger partial charge in [-0.1, -0.05) is 196 Å². The number of likely N-dealkylation sites (N-methyl/N-ethyl adjacent to an activating group) is 1. The van der Waals surface area contributed by atoms with Gasteiger partial charge in [0.05, 0.1) is 40.3 Å². The van der Waals surface area contributed by atoms with Crippen molar-refractivity contribution in [2.24, 2.45) is 0 Å². The molecule has 0 aromatic rings. The van der Waals surface area contributed by atoms with Crippen molar-refractivity contribution < 1.29 is 38.2 Å². The lowest BCUT2D eigenvalue weighted by Gasteiger charge is -2.34. The minimum absolute atomic E-state index is 0.0344. The highest BCUT2D eigenvalue weighted by Crippen LogP contribution is 2.16. The van der Waals surface area contributed by atoms with E-state index in [1.54, 1.807) is 21.1 Å². The number of aliphatic carboxylic acids is 1. The number of hydrogen-bond acceptors (Lipinski definition) is 7. The fourth-order valence-corrected chi connectivity index (χ4v) is 7.57. The molecule has 8 heteroatoms. The van der Waals surface area contributed by atoms with Gasteiger partial charge in [0.25, 0.3) is 0 Å². The van der Waals surface area contributed by atoms with E-state index in [9.17, 15) is 19.5 Å². The number of quaternary nitrogens is 1. The fraction of sp³-hybridized carbons (Fsp3) is 0.737. The van der Waals surface area contributed by atoms with E-state index < -0.39 is 18.1 Å². The summed E-state index contributed by atoms with van der Waals surface area (Å²) >= 11 is 0. The molecule has 0 aliphatic rings. The molecule has 0 aromatic carbocycles. The number of esters is 2. The number of carboxylic acid groups (broad SMARTS) is 1. The number of carbonyl (C=O) groups is 3. The number of ether oxygens (including phenoxy) is 3. The molecule has 0 rings (SSSR count). The summed E-state index contributed by atoms with van der Waals surface area (Å²) in [6.07, 6.45) is 60.8. The minimum Gasteiger partial charge on any atom is -0.544 e. The Kier molecular flexibility index (Phi) is 44.9. The topological polar surface area (TPSA) is 102 Å². The van der Waals surface area contributed by atoms with Gasteiger partial charge in [-0.3, -0.25) is 9.59 Å². The molecule has 0 saturated heterocycles.